The molecule has 0 N–H and O–H groups in total. The van der Waals surface area contributed by atoms with Gasteiger partial charge >= 0.3 is 0 Å². The number of rotatable bonds is 6. The van der Waals surface area contributed by atoms with Crippen molar-refractivity contribution in [3.63, 3.8) is 0 Å². The van der Waals surface area contributed by atoms with Gasteiger partial charge in [-0.15, -0.1) is 0 Å². The highest BCUT2D eigenvalue weighted by atomic mass is 28.3. The van der Waals surface area contributed by atoms with Crippen molar-refractivity contribution in [1.82, 2.24) is 0 Å². The molecule has 0 aliphatic heterocycles. The zero-order chi connectivity index (χ0) is 30.7. The maximum absolute atomic E-state index is 2.78. The second-order valence-electron chi connectivity index (χ2n) is 14.8. The van der Waals surface area contributed by atoms with Gasteiger partial charge in [0.15, 0.2) is 0 Å². The van der Waals surface area contributed by atoms with Gasteiger partial charge in [0.25, 0.3) is 0 Å². The lowest BCUT2D eigenvalue weighted by Crippen LogP contribution is -2.48. The summed E-state index contributed by atoms with van der Waals surface area (Å²) in [6, 6.07) is 28.1. The number of aryl methyl sites for hydroxylation is 2. The Morgan fingerprint density at radius 3 is 1.27 bits per heavy atom. The Balaban J connectivity index is 1.32. The molecule has 0 nitrogen and oxygen atoms in total. The number of fused-ring (bicyclic) bond motifs is 2. The second-order valence-corrected chi connectivity index (χ2v) is 19.4. The van der Waals surface area contributed by atoms with Crippen LogP contribution in [0.3, 0.4) is 0 Å². The van der Waals surface area contributed by atoms with E-state index < -0.39 is 8.07 Å². The topological polar surface area (TPSA) is 0 Å². The number of hydrogen-bond acceptors (Lipinski definition) is 0. The molecule has 4 aliphatic rings. The third-order valence-electron chi connectivity index (χ3n) is 12.6. The molecule has 0 aromatic heterocycles. The fourth-order valence-corrected chi connectivity index (χ4v) is 17.7. The van der Waals surface area contributed by atoms with E-state index in [1.807, 2.05) is 10.4 Å². The first-order valence-electron chi connectivity index (χ1n) is 17.8. The molecular formula is C44H48Si. The van der Waals surface area contributed by atoms with Crippen LogP contribution >= 0.6 is 0 Å². The van der Waals surface area contributed by atoms with Crippen molar-refractivity contribution in [2.45, 2.75) is 103 Å². The third kappa shape index (κ3) is 4.60. The Hall–Kier alpha value is -3.42. The quantitative estimate of drug-likeness (QED) is 0.192. The van der Waals surface area contributed by atoms with Crippen molar-refractivity contribution in [1.29, 1.82) is 0 Å². The SMILES string of the molecule is Cc1cccc(-c2cccc3c2C=C([Si](C2=Cc4c(cccc4-c4cccc(C)c4C)C2)(C2CCCC2)C2CCCC2)C3)c1C. The second kappa shape index (κ2) is 11.4. The lowest BCUT2D eigenvalue weighted by atomic mass is 9.92. The highest BCUT2D eigenvalue weighted by Gasteiger charge is 2.55. The molecule has 2 fully saturated rings. The lowest BCUT2D eigenvalue weighted by molar-refractivity contribution is 0.749. The van der Waals surface area contributed by atoms with Crippen LogP contribution in [0.25, 0.3) is 34.4 Å². The van der Waals surface area contributed by atoms with Crippen molar-refractivity contribution >= 4 is 20.2 Å². The summed E-state index contributed by atoms with van der Waals surface area (Å²) in [4.78, 5) is 0. The largest absolute Gasteiger partial charge is 0.115 e. The van der Waals surface area contributed by atoms with Crippen LogP contribution in [0.1, 0.15) is 95.9 Å². The van der Waals surface area contributed by atoms with Gasteiger partial charge in [-0.2, -0.15) is 0 Å². The monoisotopic (exact) mass is 604 g/mol. The van der Waals surface area contributed by atoms with E-state index in [2.05, 4.69) is 113 Å². The standard InChI is InChI=1S/C44H48Si/c1-29-13-9-21-39(31(29)3)41-23-11-15-33-25-37(27-43(33)41)45(35-17-5-6-18-35,36-19-7-8-20-36)38-26-34-16-12-24-42(44(34)28-38)40-22-10-14-30(2)32(40)4/h9-16,21-24,27-28,35-36H,5-8,17-20,25-26H2,1-4H3. The molecule has 4 aromatic carbocycles. The van der Waals surface area contributed by atoms with Gasteiger partial charge in [-0.3, -0.25) is 0 Å². The predicted molar refractivity (Wildman–Crippen MR) is 196 cm³/mol. The Labute approximate surface area is 272 Å². The highest BCUT2D eigenvalue weighted by Crippen LogP contribution is 2.60. The number of allylic oxidation sites excluding steroid dienone is 2. The van der Waals surface area contributed by atoms with Crippen LogP contribution in [0, 0.1) is 27.7 Å². The Morgan fingerprint density at radius 2 is 0.844 bits per heavy atom. The van der Waals surface area contributed by atoms with Crippen LogP contribution in [0.4, 0.5) is 0 Å². The van der Waals surface area contributed by atoms with E-state index in [0.29, 0.717) is 0 Å². The van der Waals surface area contributed by atoms with Crippen LogP contribution in [0.15, 0.2) is 83.2 Å². The van der Waals surface area contributed by atoms with Gasteiger partial charge in [-0.1, -0.05) is 147 Å². The van der Waals surface area contributed by atoms with E-state index in [0.717, 1.165) is 11.1 Å². The fourth-order valence-electron chi connectivity index (χ4n) is 10.2. The minimum absolute atomic E-state index is 0.884. The van der Waals surface area contributed by atoms with Gasteiger partial charge in [0.05, 0.1) is 0 Å². The highest BCUT2D eigenvalue weighted by molar-refractivity contribution is 6.96. The fraction of sp³-hybridized carbons (Fsp3) is 0.364. The van der Waals surface area contributed by atoms with Crippen LogP contribution in [0.5, 0.6) is 0 Å². The van der Waals surface area contributed by atoms with E-state index in [4.69, 9.17) is 0 Å². The maximum atomic E-state index is 2.78. The number of benzene rings is 4. The zero-order valence-corrected chi connectivity index (χ0v) is 28.8. The van der Waals surface area contributed by atoms with Gasteiger partial charge in [0.2, 0.25) is 0 Å². The van der Waals surface area contributed by atoms with Crippen molar-refractivity contribution in [2.75, 3.05) is 0 Å². The molecule has 228 valence electrons. The van der Waals surface area contributed by atoms with Crippen LogP contribution in [0.2, 0.25) is 11.1 Å². The summed E-state index contributed by atoms with van der Waals surface area (Å²) >= 11 is 0. The van der Waals surface area contributed by atoms with E-state index in [9.17, 15) is 0 Å². The molecule has 8 rings (SSSR count). The summed E-state index contributed by atoms with van der Waals surface area (Å²) in [7, 11) is -2.03. The Bertz CT molecular complexity index is 1720. The van der Waals surface area contributed by atoms with Crippen molar-refractivity contribution in [3.05, 3.63) is 128 Å². The predicted octanol–water partition coefficient (Wildman–Crippen LogP) is 12.2. The van der Waals surface area contributed by atoms with E-state index >= 15 is 0 Å². The van der Waals surface area contributed by atoms with Gasteiger partial charge < -0.3 is 0 Å². The van der Waals surface area contributed by atoms with Gasteiger partial charge in [-0.05, 0) is 118 Å². The van der Waals surface area contributed by atoms with Crippen molar-refractivity contribution < 1.29 is 0 Å². The molecule has 0 amide bonds. The minimum Gasteiger partial charge on any atom is -0.0704 e. The molecular weight excluding hydrogens is 557 g/mol. The van der Waals surface area contributed by atoms with E-state index in [1.54, 1.807) is 11.1 Å². The minimum atomic E-state index is -2.03. The summed E-state index contributed by atoms with van der Waals surface area (Å²) in [5.41, 5.74) is 19.3. The summed E-state index contributed by atoms with van der Waals surface area (Å²) < 4.78 is 0. The molecule has 0 heterocycles. The average Bonchev–Trinajstić information content (AvgIpc) is 3.88. The summed E-state index contributed by atoms with van der Waals surface area (Å²) in [6.07, 6.45) is 19.4. The van der Waals surface area contributed by atoms with Gasteiger partial charge in [-0.25, -0.2) is 0 Å². The first kappa shape index (κ1) is 29.0. The summed E-state index contributed by atoms with van der Waals surface area (Å²) in [5, 5.41) is 3.75. The molecule has 2 saturated carbocycles. The number of hydrogen-bond donors (Lipinski definition) is 0. The van der Waals surface area contributed by atoms with E-state index in [-0.39, 0.29) is 0 Å². The molecule has 4 aliphatic carbocycles. The lowest BCUT2D eigenvalue weighted by Gasteiger charge is -2.45. The molecule has 0 saturated heterocycles. The smallest absolute Gasteiger partial charge is 0.0704 e. The molecule has 0 unspecified atom stereocenters. The molecule has 0 bridgehead atoms. The van der Waals surface area contributed by atoms with Crippen LogP contribution in [-0.4, -0.2) is 8.07 Å². The molecule has 4 aromatic rings. The summed E-state index contributed by atoms with van der Waals surface area (Å²) in [5.74, 6) is 0. The molecule has 0 spiro atoms. The summed E-state index contributed by atoms with van der Waals surface area (Å²) in [6.45, 7) is 9.15. The van der Waals surface area contributed by atoms with Gasteiger partial charge in [0, 0.05) is 0 Å². The van der Waals surface area contributed by atoms with Crippen LogP contribution < -0.4 is 0 Å². The maximum Gasteiger partial charge on any atom is 0.115 e. The average molecular weight is 605 g/mol. The van der Waals surface area contributed by atoms with Crippen molar-refractivity contribution in [2.24, 2.45) is 0 Å². The molecule has 0 atom stereocenters. The van der Waals surface area contributed by atoms with Gasteiger partial charge in [0.1, 0.15) is 8.07 Å². The first-order valence-corrected chi connectivity index (χ1v) is 19.9. The third-order valence-corrected chi connectivity index (χ3v) is 19.1. The Morgan fingerprint density at radius 1 is 0.467 bits per heavy atom. The normalized spacial score (nSPS) is 18.3. The van der Waals surface area contributed by atoms with E-state index in [1.165, 1.54) is 120 Å². The van der Waals surface area contributed by atoms with Crippen LogP contribution in [-0.2, 0) is 12.8 Å². The zero-order valence-electron chi connectivity index (χ0n) is 27.8. The molecule has 1 heteroatoms. The Kier molecular flexibility index (Phi) is 7.37. The molecule has 0 radical (unpaired) electrons. The molecule has 45 heavy (non-hydrogen) atoms. The van der Waals surface area contributed by atoms with Crippen molar-refractivity contribution in [3.8, 4) is 22.3 Å². The first-order chi connectivity index (χ1) is 22.0.